The normalized spacial score (nSPS) is 18.6. The fraction of sp³-hybridized carbons (Fsp3) is 0.375. The topological polar surface area (TPSA) is 79.5 Å². The summed E-state index contributed by atoms with van der Waals surface area (Å²) in [7, 11) is 0. The smallest absolute Gasteiger partial charge is 0.191 e. The predicted octanol–water partition coefficient (Wildman–Crippen LogP) is 2.23. The zero-order valence-corrected chi connectivity index (χ0v) is 15.4. The largest absolute Gasteiger partial charge is 0.375 e. The van der Waals surface area contributed by atoms with Gasteiger partial charge in [-0.1, -0.05) is 30.3 Å². The summed E-state index contributed by atoms with van der Waals surface area (Å²) in [6.07, 6.45) is 2.02. The van der Waals surface area contributed by atoms with Gasteiger partial charge in [-0.15, -0.1) is 24.0 Å². The molecule has 3 N–H and O–H groups in total. The highest BCUT2D eigenvalue weighted by molar-refractivity contribution is 14.0. The van der Waals surface area contributed by atoms with Crippen LogP contribution in [0.4, 0.5) is 0 Å². The summed E-state index contributed by atoms with van der Waals surface area (Å²) in [6, 6.07) is 10.1. The van der Waals surface area contributed by atoms with Gasteiger partial charge in [-0.3, -0.25) is 0 Å². The van der Waals surface area contributed by atoms with E-state index in [-0.39, 0.29) is 30.1 Å². The summed E-state index contributed by atoms with van der Waals surface area (Å²) in [5, 5.41) is 0. The lowest BCUT2D eigenvalue weighted by Gasteiger charge is -2.31. The monoisotopic (exact) mass is 427 g/mol. The Labute approximate surface area is 153 Å². The van der Waals surface area contributed by atoms with Crippen LogP contribution in [0.5, 0.6) is 0 Å². The highest BCUT2D eigenvalue weighted by atomic mass is 127. The number of halogens is 1. The van der Waals surface area contributed by atoms with Crippen molar-refractivity contribution in [1.82, 2.24) is 14.9 Å². The van der Waals surface area contributed by atoms with Gasteiger partial charge in [0.15, 0.2) is 5.96 Å². The van der Waals surface area contributed by atoms with Crippen LogP contribution in [0.2, 0.25) is 0 Å². The second-order valence-corrected chi connectivity index (χ2v) is 5.41. The molecule has 23 heavy (non-hydrogen) atoms. The van der Waals surface area contributed by atoms with Crippen LogP contribution in [0.25, 0.3) is 11.3 Å². The molecule has 0 spiro atoms. The molecule has 3 rings (SSSR count). The number of aromatic amines is 1. The number of nitrogens with one attached hydrogen (secondary N) is 1. The van der Waals surface area contributed by atoms with Crippen LogP contribution in [-0.2, 0) is 11.3 Å². The first-order valence-corrected chi connectivity index (χ1v) is 7.48. The lowest BCUT2D eigenvalue weighted by molar-refractivity contribution is 0.00528. The average Bonchev–Trinajstić information content (AvgIpc) is 3.02. The molecule has 1 fully saturated rings. The van der Waals surface area contributed by atoms with Crippen molar-refractivity contribution < 1.29 is 4.74 Å². The molecule has 2 heterocycles. The summed E-state index contributed by atoms with van der Waals surface area (Å²) in [5.41, 5.74) is 8.16. The van der Waals surface area contributed by atoms with Crippen LogP contribution in [0.3, 0.4) is 0 Å². The molecule has 7 heteroatoms. The Morgan fingerprint density at radius 1 is 1.43 bits per heavy atom. The molecule has 1 aliphatic heterocycles. The molecule has 1 atom stereocenters. The highest BCUT2D eigenvalue weighted by Crippen LogP contribution is 2.16. The summed E-state index contributed by atoms with van der Waals surface area (Å²) >= 11 is 0. The highest BCUT2D eigenvalue weighted by Gasteiger charge is 2.17. The number of H-pyrrole nitrogens is 1. The third-order valence-electron chi connectivity index (χ3n) is 3.67. The number of aromatic nitrogens is 2. The van der Waals surface area contributed by atoms with E-state index < -0.39 is 0 Å². The Bertz CT molecular complexity index is 643. The Hall–Kier alpha value is -1.61. The fourth-order valence-electron chi connectivity index (χ4n) is 2.49. The first-order chi connectivity index (χ1) is 10.7. The minimum atomic E-state index is 0. The molecule has 0 bridgehead atoms. The van der Waals surface area contributed by atoms with E-state index in [2.05, 4.69) is 19.9 Å². The van der Waals surface area contributed by atoms with Crippen molar-refractivity contribution >= 4 is 29.9 Å². The molecule has 1 aromatic carbocycles. The molecule has 0 radical (unpaired) electrons. The zero-order valence-electron chi connectivity index (χ0n) is 13.1. The maximum Gasteiger partial charge on any atom is 0.191 e. The summed E-state index contributed by atoms with van der Waals surface area (Å²) < 4.78 is 5.50. The number of rotatable bonds is 3. The third-order valence-corrected chi connectivity index (χ3v) is 3.67. The van der Waals surface area contributed by atoms with Gasteiger partial charge in [0.25, 0.3) is 0 Å². The van der Waals surface area contributed by atoms with Crippen LogP contribution >= 0.6 is 24.0 Å². The van der Waals surface area contributed by atoms with E-state index in [0.717, 1.165) is 30.2 Å². The number of benzene rings is 1. The lowest BCUT2D eigenvalue weighted by atomic mass is 10.2. The summed E-state index contributed by atoms with van der Waals surface area (Å²) in [6.45, 7) is 4.74. The molecule has 1 aliphatic rings. The molecule has 1 saturated heterocycles. The number of aliphatic imine (C=N–C) groups is 1. The van der Waals surface area contributed by atoms with Crippen LogP contribution in [0, 0.1) is 0 Å². The number of nitrogens with zero attached hydrogens (tertiary/aromatic N) is 3. The minimum absolute atomic E-state index is 0. The zero-order chi connectivity index (χ0) is 15.4. The van der Waals surface area contributed by atoms with Crippen LogP contribution in [0.15, 0.2) is 41.5 Å². The van der Waals surface area contributed by atoms with Crippen molar-refractivity contribution in [2.75, 3.05) is 19.7 Å². The van der Waals surface area contributed by atoms with Crippen LogP contribution in [-0.4, -0.2) is 46.6 Å². The maximum atomic E-state index is 6.06. The van der Waals surface area contributed by atoms with Crippen molar-refractivity contribution in [2.45, 2.75) is 19.6 Å². The molecule has 124 valence electrons. The number of ether oxygens (including phenoxy) is 1. The van der Waals surface area contributed by atoms with E-state index in [1.54, 1.807) is 0 Å². The van der Waals surface area contributed by atoms with E-state index in [9.17, 15) is 0 Å². The third kappa shape index (κ3) is 4.68. The number of nitrogens with two attached hydrogens (primary N) is 1. The van der Waals surface area contributed by atoms with E-state index in [0.29, 0.717) is 19.1 Å². The quantitative estimate of drug-likeness (QED) is 0.448. The molecule has 0 amide bonds. The van der Waals surface area contributed by atoms with E-state index in [1.807, 2.05) is 43.5 Å². The minimum Gasteiger partial charge on any atom is -0.375 e. The summed E-state index contributed by atoms with van der Waals surface area (Å²) in [5.74, 6) is 1.36. The molecule has 1 unspecified atom stereocenters. The number of hydrogen-bond acceptors (Lipinski definition) is 3. The van der Waals surface area contributed by atoms with Crippen molar-refractivity contribution in [3.8, 4) is 11.3 Å². The Kier molecular flexibility index (Phi) is 6.40. The van der Waals surface area contributed by atoms with E-state index in [1.165, 1.54) is 0 Å². The second-order valence-electron chi connectivity index (χ2n) is 5.41. The second kappa shape index (κ2) is 8.30. The van der Waals surface area contributed by atoms with Gasteiger partial charge in [-0.25, -0.2) is 9.98 Å². The number of morpholine rings is 1. The van der Waals surface area contributed by atoms with Gasteiger partial charge in [0, 0.05) is 13.1 Å². The molecule has 2 aromatic rings. The van der Waals surface area contributed by atoms with Crippen molar-refractivity contribution in [1.29, 1.82) is 0 Å². The Morgan fingerprint density at radius 2 is 2.22 bits per heavy atom. The molecule has 6 nitrogen and oxygen atoms in total. The summed E-state index contributed by atoms with van der Waals surface area (Å²) in [4.78, 5) is 14.1. The fourth-order valence-corrected chi connectivity index (χ4v) is 2.49. The standard InChI is InChI=1S/C16H21N5O.HI/c1-12-11-21(7-8-22-12)16(17)19-10-15-18-9-14(20-15)13-5-3-2-4-6-13;/h2-6,9,12H,7-8,10-11H2,1H3,(H2,17,19)(H,18,20);1H. The number of imidazole rings is 1. The van der Waals surface area contributed by atoms with Gasteiger partial charge in [0.2, 0.25) is 0 Å². The van der Waals surface area contributed by atoms with Gasteiger partial charge in [0.05, 0.1) is 24.6 Å². The van der Waals surface area contributed by atoms with E-state index in [4.69, 9.17) is 10.5 Å². The first-order valence-electron chi connectivity index (χ1n) is 7.48. The van der Waals surface area contributed by atoms with Crippen molar-refractivity contribution in [3.05, 3.63) is 42.4 Å². The Morgan fingerprint density at radius 3 is 2.96 bits per heavy atom. The lowest BCUT2D eigenvalue weighted by Crippen LogP contribution is -2.47. The van der Waals surface area contributed by atoms with Gasteiger partial charge in [0.1, 0.15) is 12.4 Å². The van der Waals surface area contributed by atoms with Crippen LogP contribution < -0.4 is 5.73 Å². The van der Waals surface area contributed by atoms with Crippen molar-refractivity contribution in [2.24, 2.45) is 10.7 Å². The van der Waals surface area contributed by atoms with Crippen molar-refractivity contribution in [3.63, 3.8) is 0 Å². The average molecular weight is 427 g/mol. The molecule has 0 aliphatic carbocycles. The first kappa shape index (κ1) is 17.7. The van der Waals surface area contributed by atoms with E-state index >= 15 is 0 Å². The maximum absolute atomic E-state index is 6.06. The number of hydrogen-bond donors (Lipinski definition) is 2. The van der Waals surface area contributed by atoms with Gasteiger partial charge < -0.3 is 20.4 Å². The SMILES string of the molecule is CC1CN(C(N)=NCc2ncc(-c3ccccc3)[nH]2)CCO1.I. The van der Waals surface area contributed by atoms with Gasteiger partial charge >= 0.3 is 0 Å². The van der Waals surface area contributed by atoms with Crippen LogP contribution in [0.1, 0.15) is 12.7 Å². The van der Waals surface area contributed by atoms with Gasteiger partial charge in [-0.2, -0.15) is 0 Å². The predicted molar refractivity (Wildman–Crippen MR) is 102 cm³/mol. The molecular formula is C16H22IN5O. The Balaban J connectivity index is 0.00000192. The number of guanidine groups is 1. The molecule has 0 saturated carbocycles. The molecule has 1 aromatic heterocycles. The van der Waals surface area contributed by atoms with Gasteiger partial charge in [-0.05, 0) is 12.5 Å². The molecular weight excluding hydrogens is 405 g/mol.